The summed E-state index contributed by atoms with van der Waals surface area (Å²) < 4.78 is 27.0. The Morgan fingerprint density at radius 3 is 2.26 bits per heavy atom. The van der Waals surface area contributed by atoms with Gasteiger partial charge in [-0.25, -0.2) is 13.2 Å². The van der Waals surface area contributed by atoms with E-state index in [4.69, 9.17) is 5.73 Å². The van der Waals surface area contributed by atoms with Gasteiger partial charge in [0.15, 0.2) is 0 Å². The fourth-order valence-corrected chi connectivity index (χ4v) is 4.81. The van der Waals surface area contributed by atoms with Crippen molar-refractivity contribution in [2.45, 2.75) is 25.7 Å². The number of anilines is 1. The van der Waals surface area contributed by atoms with Crippen LogP contribution in [-0.2, 0) is 10.0 Å². The molecule has 0 aliphatic carbocycles. The third kappa shape index (κ3) is 2.33. The third-order valence-electron chi connectivity index (χ3n) is 3.77. The second-order valence-corrected chi connectivity index (χ2v) is 7.43. The van der Waals surface area contributed by atoms with Crippen molar-refractivity contribution < 1.29 is 8.42 Å². The number of nitrogens with two attached hydrogens (primary N) is 1. The van der Waals surface area contributed by atoms with Crippen LogP contribution in [0.25, 0.3) is 11.0 Å². The first-order valence-electron chi connectivity index (χ1n) is 7.05. The fourth-order valence-electron chi connectivity index (χ4n) is 3.01. The quantitative estimate of drug-likeness (QED) is 0.702. The van der Waals surface area contributed by atoms with E-state index < -0.39 is 15.7 Å². The summed E-state index contributed by atoms with van der Waals surface area (Å²) in [5, 5.41) is 0. The predicted molar refractivity (Wildman–Crippen MR) is 90.2 cm³/mol. The molecule has 0 aliphatic heterocycles. The molecule has 0 spiro atoms. The molecule has 0 radical (unpaired) electrons. The van der Waals surface area contributed by atoms with Crippen molar-refractivity contribution in [1.82, 2.24) is 8.96 Å². The van der Waals surface area contributed by atoms with Crippen molar-refractivity contribution in [3.8, 4) is 0 Å². The van der Waals surface area contributed by atoms with Crippen molar-refractivity contribution in [1.29, 1.82) is 0 Å². The SMILES string of the molecule is Cc1cc(C)c(S(=O)(=O)n2c(=O)[nH]c3cc(N)ccc32)c(C)c1. The number of imidazole rings is 1. The molecule has 1 heterocycles. The number of aromatic nitrogens is 2. The lowest BCUT2D eigenvalue weighted by Gasteiger charge is -2.13. The number of hydrogen-bond donors (Lipinski definition) is 2. The number of hydrogen-bond acceptors (Lipinski definition) is 4. The Kier molecular flexibility index (Phi) is 3.33. The van der Waals surface area contributed by atoms with Crippen molar-refractivity contribution in [2.24, 2.45) is 0 Å². The Morgan fingerprint density at radius 2 is 1.65 bits per heavy atom. The van der Waals surface area contributed by atoms with E-state index >= 15 is 0 Å². The molecule has 2 aromatic carbocycles. The zero-order valence-electron chi connectivity index (χ0n) is 13.0. The highest BCUT2D eigenvalue weighted by Gasteiger charge is 2.26. The normalized spacial score (nSPS) is 12.0. The van der Waals surface area contributed by atoms with Crippen LogP contribution in [0.2, 0.25) is 0 Å². The first-order chi connectivity index (χ1) is 10.7. The van der Waals surface area contributed by atoms with Crippen molar-refractivity contribution in [3.05, 3.63) is 57.5 Å². The summed E-state index contributed by atoms with van der Waals surface area (Å²) in [5.41, 5.74) is 8.30. The van der Waals surface area contributed by atoms with E-state index in [0.717, 1.165) is 9.54 Å². The number of benzene rings is 2. The minimum atomic E-state index is -4.01. The summed E-state index contributed by atoms with van der Waals surface area (Å²) in [5.74, 6) is 0. The Labute approximate surface area is 133 Å². The highest BCUT2D eigenvalue weighted by Crippen LogP contribution is 2.26. The average Bonchev–Trinajstić information content (AvgIpc) is 2.72. The molecular weight excluding hydrogens is 314 g/mol. The first kappa shape index (κ1) is 15.4. The average molecular weight is 331 g/mol. The number of nitrogens with one attached hydrogen (secondary N) is 1. The van der Waals surface area contributed by atoms with E-state index in [-0.39, 0.29) is 10.4 Å². The van der Waals surface area contributed by atoms with E-state index in [0.29, 0.717) is 22.3 Å². The molecule has 120 valence electrons. The van der Waals surface area contributed by atoms with Crippen LogP contribution in [-0.4, -0.2) is 17.4 Å². The van der Waals surface area contributed by atoms with E-state index in [1.54, 1.807) is 32.0 Å². The van der Waals surface area contributed by atoms with Gasteiger partial charge in [-0.2, -0.15) is 3.97 Å². The van der Waals surface area contributed by atoms with E-state index in [1.807, 2.05) is 6.92 Å². The van der Waals surface area contributed by atoms with Crippen LogP contribution >= 0.6 is 0 Å². The second-order valence-electron chi connectivity index (χ2n) is 5.70. The monoisotopic (exact) mass is 331 g/mol. The topological polar surface area (TPSA) is 98.0 Å². The molecule has 3 N–H and O–H groups in total. The lowest BCUT2D eigenvalue weighted by molar-refractivity contribution is 0.586. The molecule has 1 aromatic heterocycles. The highest BCUT2D eigenvalue weighted by atomic mass is 32.2. The number of aryl methyl sites for hydroxylation is 3. The van der Waals surface area contributed by atoms with Crippen LogP contribution in [0.15, 0.2) is 40.0 Å². The van der Waals surface area contributed by atoms with Crippen LogP contribution in [0.5, 0.6) is 0 Å². The van der Waals surface area contributed by atoms with Gasteiger partial charge in [-0.15, -0.1) is 0 Å². The van der Waals surface area contributed by atoms with Gasteiger partial charge in [0.05, 0.1) is 15.9 Å². The van der Waals surface area contributed by atoms with Crippen molar-refractivity contribution in [2.75, 3.05) is 5.73 Å². The van der Waals surface area contributed by atoms with Gasteiger partial charge in [-0.05, 0) is 50.1 Å². The van der Waals surface area contributed by atoms with Crippen molar-refractivity contribution in [3.63, 3.8) is 0 Å². The second kappa shape index (κ2) is 4.99. The Balaban J connectivity index is 2.39. The van der Waals surface area contributed by atoms with Gasteiger partial charge in [0.2, 0.25) is 0 Å². The van der Waals surface area contributed by atoms with Gasteiger partial charge in [-0.3, -0.25) is 0 Å². The summed E-state index contributed by atoms with van der Waals surface area (Å²) in [6.07, 6.45) is 0. The molecule has 3 aromatic rings. The van der Waals surface area contributed by atoms with Gasteiger partial charge in [-0.1, -0.05) is 17.7 Å². The van der Waals surface area contributed by atoms with Gasteiger partial charge >= 0.3 is 5.69 Å². The molecule has 23 heavy (non-hydrogen) atoms. The molecule has 0 saturated heterocycles. The van der Waals surface area contributed by atoms with Crippen LogP contribution in [0, 0.1) is 20.8 Å². The maximum absolute atomic E-state index is 13.1. The molecule has 3 rings (SSSR count). The zero-order chi connectivity index (χ0) is 16.9. The lowest BCUT2D eigenvalue weighted by atomic mass is 10.1. The number of rotatable bonds is 2. The van der Waals surface area contributed by atoms with E-state index in [9.17, 15) is 13.2 Å². The minimum absolute atomic E-state index is 0.155. The fraction of sp³-hybridized carbons (Fsp3) is 0.188. The maximum atomic E-state index is 13.1. The van der Waals surface area contributed by atoms with Crippen LogP contribution < -0.4 is 11.4 Å². The number of fused-ring (bicyclic) bond motifs is 1. The summed E-state index contributed by atoms with van der Waals surface area (Å²) >= 11 is 0. The lowest BCUT2D eigenvalue weighted by Crippen LogP contribution is -2.26. The maximum Gasteiger partial charge on any atom is 0.340 e. The van der Waals surface area contributed by atoms with E-state index in [2.05, 4.69) is 4.98 Å². The Hall–Kier alpha value is -2.54. The minimum Gasteiger partial charge on any atom is -0.399 e. The van der Waals surface area contributed by atoms with Gasteiger partial charge in [0, 0.05) is 5.69 Å². The molecule has 7 heteroatoms. The summed E-state index contributed by atoms with van der Waals surface area (Å²) in [6.45, 7) is 5.35. The molecule has 0 unspecified atom stereocenters. The molecular formula is C16H17N3O3S. The molecule has 0 atom stereocenters. The van der Waals surface area contributed by atoms with Gasteiger partial charge in [0.25, 0.3) is 10.0 Å². The van der Waals surface area contributed by atoms with Gasteiger partial charge in [0.1, 0.15) is 0 Å². The highest BCUT2D eigenvalue weighted by molar-refractivity contribution is 7.90. The number of H-pyrrole nitrogens is 1. The summed E-state index contributed by atoms with van der Waals surface area (Å²) in [6, 6.07) is 8.21. The zero-order valence-corrected chi connectivity index (χ0v) is 13.9. The first-order valence-corrected chi connectivity index (χ1v) is 8.49. The number of nitrogens with zero attached hydrogens (tertiary/aromatic N) is 1. The van der Waals surface area contributed by atoms with Gasteiger partial charge < -0.3 is 10.7 Å². The molecule has 0 bridgehead atoms. The summed E-state index contributed by atoms with van der Waals surface area (Å²) in [4.78, 5) is 14.9. The molecule has 0 amide bonds. The number of aromatic amines is 1. The standard InChI is InChI=1S/C16H17N3O3S/c1-9-6-10(2)15(11(3)7-9)23(21,22)19-14-5-4-12(17)8-13(14)18-16(19)20/h4-8H,17H2,1-3H3,(H,18,20). The molecule has 6 nitrogen and oxygen atoms in total. The molecule has 0 saturated carbocycles. The van der Waals surface area contributed by atoms with E-state index in [1.165, 1.54) is 12.1 Å². The van der Waals surface area contributed by atoms with Crippen LogP contribution in [0.3, 0.4) is 0 Å². The predicted octanol–water partition coefficient (Wildman–Crippen LogP) is 2.07. The Bertz CT molecular complexity index is 1070. The largest absolute Gasteiger partial charge is 0.399 e. The molecule has 0 fully saturated rings. The third-order valence-corrected chi connectivity index (χ3v) is 5.77. The van der Waals surface area contributed by atoms with Crippen LogP contribution in [0.1, 0.15) is 16.7 Å². The Morgan fingerprint density at radius 1 is 1.04 bits per heavy atom. The summed E-state index contributed by atoms with van der Waals surface area (Å²) in [7, 11) is -4.01. The smallest absolute Gasteiger partial charge is 0.340 e. The molecule has 0 aliphatic rings. The number of nitrogen functional groups attached to an aromatic ring is 1. The van der Waals surface area contributed by atoms with Crippen molar-refractivity contribution >= 4 is 26.7 Å². The van der Waals surface area contributed by atoms with Crippen LogP contribution in [0.4, 0.5) is 5.69 Å².